The molecule has 20 heavy (non-hydrogen) atoms. The van der Waals surface area contributed by atoms with Gasteiger partial charge in [0.1, 0.15) is 6.04 Å². The van der Waals surface area contributed by atoms with Gasteiger partial charge in [-0.25, -0.2) is 8.42 Å². The highest BCUT2D eigenvalue weighted by molar-refractivity contribution is 7.89. The first-order valence-electron chi connectivity index (χ1n) is 6.88. The zero-order chi connectivity index (χ0) is 14.9. The number of likely N-dealkylation sites (tertiary alicyclic amines) is 1. The van der Waals surface area contributed by atoms with Gasteiger partial charge in [-0.1, -0.05) is 6.92 Å². The highest BCUT2D eigenvalue weighted by Crippen LogP contribution is 2.26. The van der Waals surface area contributed by atoms with Crippen LogP contribution < -0.4 is 0 Å². The average molecular weight is 304 g/mol. The van der Waals surface area contributed by atoms with Crippen LogP contribution in [-0.4, -0.2) is 66.0 Å². The minimum Gasteiger partial charge on any atom is -0.481 e. The maximum atomic E-state index is 12.3. The Bertz CT molecular complexity index is 498. The van der Waals surface area contributed by atoms with E-state index in [2.05, 4.69) is 0 Å². The Labute approximate surface area is 118 Å². The number of carboxylic acids is 1. The van der Waals surface area contributed by atoms with Gasteiger partial charge in [0.15, 0.2) is 0 Å². The highest BCUT2D eigenvalue weighted by atomic mass is 32.2. The van der Waals surface area contributed by atoms with E-state index in [-0.39, 0.29) is 24.7 Å². The second kappa shape index (κ2) is 5.69. The molecule has 114 valence electrons. The lowest BCUT2D eigenvalue weighted by atomic mass is 9.99. The van der Waals surface area contributed by atoms with Crippen molar-refractivity contribution in [3.63, 3.8) is 0 Å². The van der Waals surface area contributed by atoms with Gasteiger partial charge in [0.05, 0.1) is 11.7 Å². The number of aliphatic carboxylic acids is 1. The highest BCUT2D eigenvalue weighted by Gasteiger charge is 2.44. The predicted octanol–water partition coefficient (Wildman–Crippen LogP) is -0.266. The van der Waals surface area contributed by atoms with Crippen LogP contribution in [0.2, 0.25) is 0 Å². The fourth-order valence-corrected chi connectivity index (χ4v) is 4.46. The molecular weight excluding hydrogens is 284 g/mol. The summed E-state index contributed by atoms with van der Waals surface area (Å²) in [5.74, 6) is -1.62. The van der Waals surface area contributed by atoms with E-state index in [0.29, 0.717) is 25.8 Å². The molecule has 0 aromatic carbocycles. The molecule has 0 aromatic heterocycles. The van der Waals surface area contributed by atoms with Gasteiger partial charge in [0.25, 0.3) is 0 Å². The number of sulfonamides is 1. The van der Waals surface area contributed by atoms with E-state index in [0.717, 1.165) is 0 Å². The summed E-state index contributed by atoms with van der Waals surface area (Å²) >= 11 is 0. The van der Waals surface area contributed by atoms with Crippen LogP contribution in [0.3, 0.4) is 0 Å². The first-order chi connectivity index (χ1) is 9.36. The molecule has 1 amide bonds. The number of hydrogen-bond acceptors (Lipinski definition) is 4. The summed E-state index contributed by atoms with van der Waals surface area (Å²) in [5.41, 5.74) is 0. The largest absolute Gasteiger partial charge is 0.481 e. The second-order valence-corrected chi connectivity index (χ2v) is 7.40. The van der Waals surface area contributed by atoms with E-state index in [4.69, 9.17) is 5.11 Å². The average Bonchev–Trinajstić information content (AvgIpc) is 2.75. The van der Waals surface area contributed by atoms with Gasteiger partial charge in [0.2, 0.25) is 15.9 Å². The Morgan fingerprint density at radius 3 is 2.50 bits per heavy atom. The van der Waals surface area contributed by atoms with Crippen LogP contribution in [0.4, 0.5) is 0 Å². The minimum atomic E-state index is -3.38. The van der Waals surface area contributed by atoms with E-state index < -0.39 is 28.0 Å². The standard InChI is InChI=1S/C12H20N2O5S/c1-2-6-20(18,19)14-5-3-4-10(14)11(15)13-7-9(8-13)12(16)17/h9-10H,2-8H2,1H3,(H,16,17). The van der Waals surface area contributed by atoms with Gasteiger partial charge >= 0.3 is 5.97 Å². The van der Waals surface area contributed by atoms with Crippen molar-refractivity contribution in [1.82, 2.24) is 9.21 Å². The van der Waals surface area contributed by atoms with Crippen molar-refractivity contribution in [1.29, 1.82) is 0 Å². The number of carbonyl (C=O) groups excluding carboxylic acids is 1. The third-order valence-corrected chi connectivity index (χ3v) is 5.93. The summed E-state index contributed by atoms with van der Waals surface area (Å²) in [4.78, 5) is 24.5. The van der Waals surface area contributed by atoms with Crippen LogP contribution in [0.15, 0.2) is 0 Å². The Balaban J connectivity index is 2.01. The Morgan fingerprint density at radius 2 is 1.95 bits per heavy atom. The van der Waals surface area contributed by atoms with E-state index in [9.17, 15) is 18.0 Å². The fraction of sp³-hybridized carbons (Fsp3) is 0.833. The summed E-state index contributed by atoms with van der Waals surface area (Å²) in [6, 6.07) is -0.638. The van der Waals surface area contributed by atoms with Crippen LogP contribution in [0.5, 0.6) is 0 Å². The zero-order valence-corrected chi connectivity index (χ0v) is 12.3. The molecular formula is C12H20N2O5S. The van der Waals surface area contributed by atoms with Gasteiger partial charge in [-0.05, 0) is 19.3 Å². The minimum absolute atomic E-state index is 0.0501. The number of hydrogen-bond donors (Lipinski definition) is 1. The van der Waals surface area contributed by atoms with Gasteiger partial charge < -0.3 is 10.0 Å². The maximum Gasteiger partial charge on any atom is 0.310 e. The van der Waals surface area contributed by atoms with Crippen LogP contribution >= 0.6 is 0 Å². The molecule has 2 fully saturated rings. The smallest absolute Gasteiger partial charge is 0.310 e. The Morgan fingerprint density at radius 1 is 1.30 bits per heavy atom. The summed E-state index contributed by atoms with van der Waals surface area (Å²) in [5, 5.41) is 8.81. The summed E-state index contributed by atoms with van der Waals surface area (Å²) in [6.45, 7) is 2.55. The summed E-state index contributed by atoms with van der Waals surface area (Å²) in [7, 11) is -3.38. The van der Waals surface area contributed by atoms with Crippen LogP contribution in [0, 0.1) is 5.92 Å². The fourth-order valence-electron chi connectivity index (χ4n) is 2.72. The molecule has 2 aliphatic heterocycles. The van der Waals surface area contributed by atoms with Crippen molar-refractivity contribution < 1.29 is 23.1 Å². The van der Waals surface area contributed by atoms with E-state index >= 15 is 0 Å². The Kier molecular flexibility index (Phi) is 4.33. The van der Waals surface area contributed by atoms with Crippen LogP contribution in [-0.2, 0) is 19.6 Å². The molecule has 0 spiro atoms. The lowest BCUT2D eigenvalue weighted by Crippen LogP contribution is -2.58. The van der Waals surface area contributed by atoms with Gasteiger partial charge in [-0.3, -0.25) is 9.59 Å². The van der Waals surface area contributed by atoms with E-state index in [1.165, 1.54) is 9.21 Å². The molecule has 2 saturated heterocycles. The number of carbonyl (C=O) groups is 2. The molecule has 2 aliphatic rings. The molecule has 1 atom stereocenters. The molecule has 0 radical (unpaired) electrons. The summed E-state index contributed by atoms with van der Waals surface area (Å²) < 4.78 is 25.5. The maximum absolute atomic E-state index is 12.3. The molecule has 2 rings (SSSR count). The molecule has 0 saturated carbocycles. The lowest BCUT2D eigenvalue weighted by Gasteiger charge is -2.39. The van der Waals surface area contributed by atoms with Gasteiger partial charge in [0, 0.05) is 19.6 Å². The molecule has 2 heterocycles. The SMILES string of the molecule is CCCS(=O)(=O)N1CCCC1C(=O)N1CC(C(=O)O)C1. The quantitative estimate of drug-likeness (QED) is 0.754. The van der Waals surface area contributed by atoms with Crippen molar-refractivity contribution in [3.8, 4) is 0 Å². The predicted molar refractivity (Wildman–Crippen MR) is 71.5 cm³/mol. The van der Waals surface area contributed by atoms with E-state index in [1.54, 1.807) is 6.92 Å². The molecule has 0 aromatic rings. The first-order valence-corrected chi connectivity index (χ1v) is 8.49. The van der Waals surface area contributed by atoms with Crippen LogP contribution in [0.25, 0.3) is 0 Å². The van der Waals surface area contributed by atoms with Gasteiger partial charge in [-0.15, -0.1) is 0 Å². The monoisotopic (exact) mass is 304 g/mol. The second-order valence-electron chi connectivity index (χ2n) is 5.36. The molecule has 8 heteroatoms. The summed E-state index contributed by atoms with van der Waals surface area (Å²) in [6.07, 6.45) is 1.72. The van der Waals surface area contributed by atoms with Crippen molar-refractivity contribution in [2.45, 2.75) is 32.2 Å². The van der Waals surface area contributed by atoms with Crippen molar-refractivity contribution in [3.05, 3.63) is 0 Å². The zero-order valence-electron chi connectivity index (χ0n) is 11.5. The first kappa shape index (κ1) is 15.2. The number of carboxylic acid groups (broad SMARTS) is 1. The molecule has 0 bridgehead atoms. The van der Waals surface area contributed by atoms with E-state index in [1.807, 2.05) is 0 Å². The normalized spacial score (nSPS) is 24.6. The van der Waals surface area contributed by atoms with Crippen molar-refractivity contribution in [2.75, 3.05) is 25.4 Å². The van der Waals surface area contributed by atoms with Crippen molar-refractivity contribution >= 4 is 21.9 Å². The Hall–Kier alpha value is -1.15. The third kappa shape index (κ3) is 2.80. The molecule has 7 nitrogen and oxygen atoms in total. The molecule has 1 N–H and O–H groups in total. The van der Waals surface area contributed by atoms with Gasteiger partial charge in [-0.2, -0.15) is 4.31 Å². The molecule has 0 aliphatic carbocycles. The lowest BCUT2D eigenvalue weighted by molar-refractivity contribution is -0.154. The number of nitrogens with zero attached hydrogens (tertiary/aromatic N) is 2. The van der Waals surface area contributed by atoms with Crippen molar-refractivity contribution in [2.24, 2.45) is 5.92 Å². The van der Waals surface area contributed by atoms with Crippen LogP contribution in [0.1, 0.15) is 26.2 Å². The number of rotatable bonds is 5. The third-order valence-electron chi connectivity index (χ3n) is 3.85. The topological polar surface area (TPSA) is 95.0 Å². The number of amides is 1. The molecule has 1 unspecified atom stereocenters.